The molecule has 0 fully saturated rings. The van der Waals surface area contributed by atoms with E-state index >= 15 is 0 Å². The van der Waals surface area contributed by atoms with E-state index in [1.54, 1.807) is 0 Å². The summed E-state index contributed by atoms with van der Waals surface area (Å²) in [5, 5.41) is 10.8. The van der Waals surface area contributed by atoms with Crippen LogP contribution in [0.2, 0.25) is 5.32 Å². The molecule has 1 rings (SSSR count). The molecule has 0 aromatic heterocycles. The van der Waals surface area contributed by atoms with Crippen LogP contribution in [-0.2, 0) is 5.32 Å². The summed E-state index contributed by atoms with van der Waals surface area (Å²) in [5.74, 6) is 0. The molecule has 0 heterocycles. The van der Waals surface area contributed by atoms with E-state index in [9.17, 15) is 0 Å². The van der Waals surface area contributed by atoms with Crippen molar-refractivity contribution in [1.29, 1.82) is 5.26 Å². The average Bonchev–Trinajstić information content (AvgIpc) is 2.19. The third kappa shape index (κ3) is 4.72. The van der Waals surface area contributed by atoms with E-state index in [2.05, 4.69) is 30.3 Å². The number of nitrogens with zero attached hydrogens (tertiary/aromatic N) is 1. The topological polar surface area (TPSA) is 23.8 Å². The van der Waals surface area contributed by atoms with Crippen LogP contribution in [0.3, 0.4) is 0 Å². The van der Waals surface area contributed by atoms with E-state index in [0.29, 0.717) is 15.0 Å². The van der Waals surface area contributed by atoms with E-state index in [0.717, 1.165) is 12.8 Å². The van der Waals surface area contributed by atoms with Gasteiger partial charge in [0.1, 0.15) is 0 Å². The van der Waals surface area contributed by atoms with Gasteiger partial charge in [0.15, 0.2) is 0 Å². The van der Waals surface area contributed by atoms with Crippen molar-refractivity contribution in [2.75, 3.05) is 0 Å². The van der Waals surface area contributed by atoms with Gasteiger partial charge in [-0.3, -0.25) is 0 Å². The molecule has 1 aromatic carbocycles. The van der Waals surface area contributed by atoms with Gasteiger partial charge >= 0.3 is 85.7 Å². The molecule has 1 nitrogen and oxygen atoms in total. The summed E-state index contributed by atoms with van der Waals surface area (Å²) in [6, 6.07) is 12.7. The quantitative estimate of drug-likeness (QED) is 0.571. The van der Waals surface area contributed by atoms with E-state index in [1.807, 2.05) is 6.07 Å². The van der Waals surface area contributed by atoms with Gasteiger partial charge in [-0.05, 0) is 0 Å². The molecule has 0 aliphatic rings. The fourth-order valence-corrected chi connectivity index (χ4v) is 2.95. The van der Waals surface area contributed by atoms with Crippen molar-refractivity contribution in [3.05, 3.63) is 35.9 Å². The second-order valence-electron chi connectivity index (χ2n) is 2.80. The standard InChI is InChI=1S/C11H13NSe/c12-8-4-5-9-13-10-11-6-2-1-3-7-11/h1-3,6-7H,4-5,9-10H2. The second-order valence-corrected chi connectivity index (χ2v) is 5.12. The zero-order chi connectivity index (χ0) is 9.36. The Labute approximate surface area is 85.9 Å². The maximum atomic E-state index is 8.34. The molecule has 0 amide bonds. The number of unbranched alkanes of at least 4 members (excludes halogenated alkanes) is 1. The van der Waals surface area contributed by atoms with Gasteiger partial charge in [-0.2, -0.15) is 0 Å². The summed E-state index contributed by atoms with van der Waals surface area (Å²) < 4.78 is 0. The summed E-state index contributed by atoms with van der Waals surface area (Å²) in [4.78, 5) is 0. The fraction of sp³-hybridized carbons (Fsp3) is 0.364. The van der Waals surface area contributed by atoms with Crippen molar-refractivity contribution in [3.63, 3.8) is 0 Å². The second kappa shape index (κ2) is 6.71. The molecule has 0 saturated heterocycles. The van der Waals surface area contributed by atoms with Crippen LogP contribution in [-0.4, -0.2) is 15.0 Å². The van der Waals surface area contributed by atoms with E-state index in [4.69, 9.17) is 5.26 Å². The Morgan fingerprint density at radius 3 is 2.69 bits per heavy atom. The molecule has 68 valence electrons. The van der Waals surface area contributed by atoms with Crippen LogP contribution in [0.1, 0.15) is 18.4 Å². The van der Waals surface area contributed by atoms with E-state index < -0.39 is 0 Å². The number of hydrogen-bond acceptors (Lipinski definition) is 1. The number of benzene rings is 1. The molecule has 0 unspecified atom stereocenters. The molecule has 13 heavy (non-hydrogen) atoms. The SMILES string of the molecule is N#CCCC[Se]Cc1ccccc1. The molecule has 1 aromatic rings. The monoisotopic (exact) mass is 239 g/mol. The summed E-state index contributed by atoms with van der Waals surface area (Å²) in [6.45, 7) is 0. The van der Waals surface area contributed by atoms with Crippen LogP contribution in [0.5, 0.6) is 0 Å². The van der Waals surface area contributed by atoms with Crippen molar-refractivity contribution in [2.24, 2.45) is 0 Å². The van der Waals surface area contributed by atoms with Crippen molar-refractivity contribution in [3.8, 4) is 6.07 Å². The molecule has 0 spiro atoms. The van der Waals surface area contributed by atoms with Crippen LogP contribution < -0.4 is 0 Å². The Morgan fingerprint density at radius 1 is 1.23 bits per heavy atom. The van der Waals surface area contributed by atoms with Gasteiger partial charge < -0.3 is 0 Å². The van der Waals surface area contributed by atoms with Gasteiger partial charge in [0.25, 0.3) is 0 Å². The summed E-state index contributed by atoms with van der Waals surface area (Å²) >= 11 is 0.679. The molecule has 0 saturated carbocycles. The molecule has 0 aliphatic carbocycles. The van der Waals surface area contributed by atoms with Crippen LogP contribution in [0.4, 0.5) is 0 Å². The molecule has 0 bridgehead atoms. The fourth-order valence-electron chi connectivity index (χ4n) is 1.02. The Balaban J connectivity index is 2.11. The predicted molar refractivity (Wildman–Crippen MR) is 55.6 cm³/mol. The molecule has 0 N–H and O–H groups in total. The Kier molecular flexibility index (Phi) is 5.33. The van der Waals surface area contributed by atoms with Crippen LogP contribution in [0, 0.1) is 11.3 Å². The summed E-state index contributed by atoms with van der Waals surface area (Å²) in [5.41, 5.74) is 1.43. The van der Waals surface area contributed by atoms with Crippen molar-refractivity contribution < 1.29 is 0 Å². The minimum atomic E-state index is 0.679. The molecule has 0 radical (unpaired) electrons. The minimum absolute atomic E-state index is 0.679. The first-order valence-electron chi connectivity index (χ1n) is 4.42. The number of nitriles is 1. The van der Waals surface area contributed by atoms with Gasteiger partial charge in [0, 0.05) is 0 Å². The van der Waals surface area contributed by atoms with Gasteiger partial charge in [-0.25, -0.2) is 0 Å². The summed E-state index contributed by atoms with van der Waals surface area (Å²) in [6.07, 6.45) is 1.79. The maximum absolute atomic E-state index is 8.34. The van der Waals surface area contributed by atoms with Gasteiger partial charge in [-0.1, -0.05) is 0 Å². The average molecular weight is 238 g/mol. The van der Waals surface area contributed by atoms with Crippen LogP contribution in [0.25, 0.3) is 0 Å². The van der Waals surface area contributed by atoms with Crippen LogP contribution in [0.15, 0.2) is 30.3 Å². The molecular formula is C11H13NSe. The van der Waals surface area contributed by atoms with Gasteiger partial charge in [0.2, 0.25) is 0 Å². The van der Waals surface area contributed by atoms with Crippen molar-refractivity contribution in [2.45, 2.75) is 23.5 Å². The van der Waals surface area contributed by atoms with Gasteiger partial charge in [-0.15, -0.1) is 0 Å². The van der Waals surface area contributed by atoms with E-state index in [-0.39, 0.29) is 0 Å². The predicted octanol–water partition coefficient (Wildman–Crippen LogP) is 2.61. The van der Waals surface area contributed by atoms with Crippen molar-refractivity contribution >= 4 is 15.0 Å². The zero-order valence-electron chi connectivity index (χ0n) is 7.57. The van der Waals surface area contributed by atoms with Crippen molar-refractivity contribution in [1.82, 2.24) is 0 Å². The molecular weight excluding hydrogens is 225 g/mol. The van der Waals surface area contributed by atoms with E-state index in [1.165, 1.54) is 16.2 Å². The number of hydrogen-bond donors (Lipinski definition) is 0. The third-order valence-corrected chi connectivity index (χ3v) is 4.03. The molecule has 0 atom stereocenters. The zero-order valence-corrected chi connectivity index (χ0v) is 9.28. The van der Waals surface area contributed by atoms with Gasteiger partial charge in [0.05, 0.1) is 0 Å². The summed E-state index contributed by atoms with van der Waals surface area (Å²) in [7, 11) is 0. The normalized spacial score (nSPS) is 9.46. The Bertz CT molecular complexity index is 263. The first-order chi connectivity index (χ1) is 6.43. The molecule has 0 aliphatic heterocycles. The first kappa shape index (κ1) is 10.3. The number of rotatable bonds is 5. The Hall–Kier alpha value is -0.771. The van der Waals surface area contributed by atoms with Crippen LogP contribution >= 0.6 is 0 Å². The first-order valence-corrected chi connectivity index (χ1v) is 6.84. The molecule has 2 heteroatoms. The Morgan fingerprint density at radius 2 is 2.00 bits per heavy atom. The third-order valence-electron chi connectivity index (χ3n) is 1.69.